The van der Waals surface area contributed by atoms with Crippen LogP contribution in [0.4, 0.5) is 0 Å². The summed E-state index contributed by atoms with van der Waals surface area (Å²) in [5.41, 5.74) is 3.25. The summed E-state index contributed by atoms with van der Waals surface area (Å²) < 4.78 is 0. The molecule has 2 nitrogen and oxygen atoms in total. The lowest BCUT2D eigenvalue weighted by Crippen LogP contribution is -1.94. The first-order valence-corrected chi connectivity index (χ1v) is 5.51. The summed E-state index contributed by atoms with van der Waals surface area (Å²) in [7, 11) is 0. The largest absolute Gasteiger partial charge is 0.300 e. The van der Waals surface area contributed by atoms with Gasteiger partial charge in [0, 0.05) is 17.5 Å². The monoisotopic (exact) mass is 213 g/mol. The number of Topliss-reactive ketones (excluding diaryl/α,β-unsaturated/α-hetero) is 1. The molecule has 0 atom stereocenters. The maximum Gasteiger partial charge on any atom is 0.130 e. The molecule has 0 saturated heterocycles. The van der Waals surface area contributed by atoms with Crippen molar-refractivity contribution in [3.8, 4) is 0 Å². The smallest absolute Gasteiger partial charge is 0.130 e. The van der Waals surface area contributed by atoms with Crippen LogP contribution >= 0.6 is 0 Å². The number of rotatable bonds is 3. The van der Waals surface area contributed by atoms with Crippen LogP contribution in [0.5, 0.6) is 0 Å². The molecule has 2 aromatic rings. The maximum absolute atomic E-state index is 10.9. The standard InChI is InChI=1S/C14H15NO/c1-10-3-7-13-9-12(5-4-11(2)16)6-8-14(13)15-10/h3,6-9H,4-5H2,1-2H3. The third-order valence-corrected chi connectivity index (χ3v) is 2.66. The van der Waals surface area contributed by atoms with Crippen LogP contribution in [-0.4, -0.2) is 10.8 Å². The molecule has 0 amide bonds. The molecule has 0 N–H and O–H groups in total. The number of ketones is 1. The van der Waals surface area contributed by atoms with Crippen LogP contribution in [-0.2, 0) is 11.2 Å². The molecule has 0 spiro atoms. The van der Waals surface area contributed by atoms with Gasteiger partial charge in [-0.15, -0.1) is 0 Å². The van der Waals surface area contributed by atoms with Crippen LogP contribution in [0.3, 0.4) is 0 Å². The van der Waals surface area contributed by atoms with Crippen molar-refractivity contribution in [3.63, 3.8) is 0 Å². The number of aromatic nitrogens is 1. The molecule has 1 heterocycles. The highest BCUT2D eigenvalue weighted by Crippen LogP contribution is 2.15. The molecule has 1 aromatic carbocycles. The molecule has 2 heteroatoms. The van der Waals surface area contributed by atoms with Gasteiger partial charge < -0.3 is 4.79 Å². The van der Waals surface area contributed by atoms with Crippen LogP contribution in [0.15, 0.2) is 30.3 Å². The first kappa shape index (κ1) is 10.8. The van der Waals surface area contributed by atoms with Gasteiger partial charge in [-0.1, -0.05) is 12.1 Å². The van der Waals surface area contributed by atoms with Crippen molar-refractivity contribution in [2.24, 2.45) is 0 Å². The molecule has 16 heavy (non-hydrogen) atoms. The zero-order valence-electron chi connectivity index (χ0n) is 9.66. The summed E-state index contributed by atoms with van der Waals surface area (Å²) in [6.07, 6.45) is 1.43. The van der Waals surface area contributed by atoms with Gasteiger partial charge in [0.05, 0.1) is 5.52 Å². The zero-order valence-corrected chi connectivity index (χ0v) is 9.66. The molecule has 2 rings (SSSR count). The maximum atomic E-state index is 10.9. The van der Waals surface area contributed by atoms with Crippen LogP contribution in [0.25, 0.3) is 10.9 Å². The SMILES string of the molecule is CC(=O)CCc1ccc2nc(C)ccc2c1. The Labute approximate surface area is 95.3 Å². The summed E-state index contributed by atoms with van der Waals surface area (Å²) in [6.45, 7) is 3.62. The Morgan fingerprint density at radius 2 is 2.06 bits per heavy atom. The molecule has 0 bridgehead atoms. The second-order valence-electron chi connectivity index (χ2n) is 4.18. The minimum absolute atomic E-state index is 0.238. The third kappa shape index (κ3) is 2.45. The summed E-state index contributed by atoms with van der Waals surface area (Å²) >= 11 is 0. The number of benzene rings is 1. The van der Waals surface area contributed by atoms with Gasteiger partial charge in [-0.3, -0.25) is 4.98 Å². The van der Waals surface area contributed by atoms with Gasteiger partial charge in [0.25, 0.3) is 0 Å². The Hall–Kier alpha value is -1.70. The summed E-state index contributed by atoms with van der Waals surface area (Å²) in [5, 5.41) is 1.15. The number of carbonyl (C=O) groups excluding carboxylic acids is 1. The first-order valence-electron chi connectivity index (χ1n) is 5.51. The average Bonchev–Trinajstić information content (AvgIpc) is 2.26. The Bertz CT molecular complexity index is 531. The van der Waals surface area contributed by atoms with Crippen molar-refractivity contribution in [3.05, 3.63) is 41.6 Å². The number of aryl methyl sites for hydroxylation is 2. The van der Waals surface area contributed by atoms with E-state index < -0.39 is 0 Å². The first-order chi connectivity index (χ1) is 7.65. The van der Waals surface area contributed by atoms with Crippen molar-refractivity contribution in [2.45, 2.75) is 26.7 Å². The predicted molar refractivity (Wildman–Crippen MR) is 65.5 cm³/mol. The lowest BCUT2D eigenvalue weighted by Gasteiger charge is -2.03. The van der Waals surface area contributed by atoms with Crippen molar-refractivity contribution >= 4 is 16.7 Å². The third-order valence-electron chi connectivity index (χ3n) is 2.66. The number of fused-ring (bicyclic) bond motifs is 1. The Morgan fingerprint density at radius 1 is 1.25 bits per heavy atom. The van der Waals surface area contributed by atoms with E-state index in [-0.39, 0.29) is 5.78 Å². The molecular weight excluding hydrogens is 198 g/mol. The zero-order chi connectivity index (χ0) is 11.5. The second-order valence-corrected chi connectivity index (χ2v) is 4.18. The molecule has 0 radical (unpaired) electrons. The highest BCUT2D eigenvalue weighted by atomic mass is 16.1. The van der Waals surface area contributed by atoms with Gasteiger partial charge in [-0.25, -0.2) is 0 Å². The minimum Gasteiger partial charge on any atom is -0.300 e. The number of nitrogens with zero attached hydrogens (tertiary/aromatic N) is 1. The van der Waals surface area contributed by atoms with E-state index in [1.807, 2.05) is 19.1 Å². The second kappa shape index (κ2) is 4.44. The van der Waals surface area contributed by atoms with Crippen molar-refractivity contribution in [1.29, 1.82) is 0 Å². The highest BCUT2D eigenvalue weighted by Gasteiger charge is 2.00. The molecule has 0 saturated carbocycles. The van der Waals surface area contributed by atoms with Gasteiger partial charge in [0.15, 0.2) is 0 Å². The van der Waals surface area contributed by atoms with E-state index in [0.717, 1.165) is 23.0 Å². The lowest BCUT2D eigenvalue weighted by atomic mass is 10.1. The Balaban J connectivity index is 2.30. The van der Waals surface area contributed by atoms with Crippen LogP contribution in [0.2, 0.25) is 0 Å². The number of hydrogen-bond donors (Lipinski definition) is 0. The topological polar surface area (TPSA) is 30.0 Å². The molecule has 0 fully saturated rings. The van der Waals surface area contributed by atoms with E-state index in [1.54, 1.807) is 6.92 Å². The molecule has 0 aliphatic carbocycles. The van der Waals surface area contributed by atoms with Gasteiger partial charge in [0.1, 0.15) is 5.78 Å². The van der Waals surface area contributed by atoms with Gasteiger partial charge in [0.2, 0.25) is 0 Å². The van der Waals surface area contributed by atoms with E-state index in [1.165, 1.54) is 5.56 Å². The number of pyridine rings is 1. The summed E-state index contributed by atoms with van der Waals surface area (Å²) in [4.78, 5) is 15.4. The van der Waals surface area contributed by atoms with Crippen LogP contribution in [0, 0.1) is 6.92 Å². The number of carbonyl (C=O) groups is 1. The summed E-state index contributed by atoms with van der Waals surface area (Å²) in [5.74, 6) is 0.238. The summed E-state index contributed by atoms with van der Waals surface area (Å²) in [6, 6.07) is 10.3. The van der Waals surface area contributed by atoms with Gasteiger partial charge >= 0.3 is 0 Å². The van der Waals surface area contributed by atoms with E-state index >= 15 is 0 Å². The minimum atomic E-state index is 0.238. The van der Waals surface area contributed by atoms with E-state index in [4.69, 9.17) is 0 Å². The lowest BCUT2D eigenvalue weighted by molar-refractivity contribution is -0.116. The quantitative estimate of drug-likeness (QED) is 0.784. The fourth-order valence-electron chi connectivity index (χ4n) is 1.75. The Kier molecular flexibility index (Phi) is 3.00. The normalized spacial score (nSPS) is 10.6. The van der Waals surface area contributed by atoms with E-state index in [9.17, 15) is 4.79 Å². The van der Waals surface area contributed by atoms with Crippen molar-refractivity contribution in [2.75, 3.05) is 0 Å². The fourth-order valence-corrected chi connectivity index (χ4v) is 1.75. The van der Waals surface area contributed by atoms with E-state index in [0.29, 0.717) is 6.42 Å². The van der Waals surface area contributed by atoms with Gasteiger partial charge in [-0.2, -0.15) is 0 Å². The van der Waals surface area contributed by atoms with Gasteiger partial charge in [-0.05, 0) is 44.0 Å². The molecule has 0 unspecified atom stereocenters. The highest BCUT2D eigenvalue weighted by molar-refractivity contribution is 5.80. The van der Waals surface area contributed by atoms with Crippen molar-refractivity contribution in [1.82, 2.24) is 4.98 Å². The van der Waals surface area contributed by atoms with Crippen LogP contribution in [0.1, 0.15) is 24.6 Å². The molecule has 0 aliphatic heterocycles. The molecule has 0 aliphatic rings. The average molecular weight is 213 g/mol. The molecule has 82 valence electrons. The fraction of sp³-hybridized carbons (Fsp3) is 0.286. The molecule has 1 aromatic heterocycles. The number of hydrogen-bond acceptors (Lipinski definition) is 2. The van der Waals surface area contributed by atoms with E-state index in [2.05, 4.69) is 23.2 Å². The van der Waals surface area contributed by atoms with Crippen molar-refractivity contribution < 1.29 is 4.79 Å². The van der Waals surface area contributed by atoms with Crippen LogP contribution < -0.4 is 0 Å². The molecular formula is C14H15NO. The predicted octanol–water partition coefficient (Wildman–Crippen LogP) is 3.06. The Morgan fingerprint density at radius 3 is 2.81 bits per heavy atom.